The first kappa shape index (κ1) is 11.4. The Morgan fingerprint density at radius 2 is 1.93 bits per heavy atom. The predicted octanol–water partition coefficient (Wildman–Crippen LogP) is 2.44. The van der Waals surface area contributed by atoms with Crippen LogP contribution in [-0.2, 0) is 0 Å². The van der Waals surface area contributed by atoms with E-state index in [1.807, 2.05) is 0 Å². The third-order valence-corrected chi connectivity index (χ3v) is 4.14. The monoisotopic (exact) mass is 210 g/mol. The number of hydrogen-bond acceptors (Lipinski definition) is 2. The van der Waals surface area contributed by atoms with E-state index in [0.29, 0.717) is 5.54 Å². The van der Waals surface area contributed by atoms with Crippen LogP contribution in [0, 0.1) is 0 Å². The third-order valence-electron chi connectivity index (χ3n) is 4.14. The minimum absolute atomic E-state index is 0.442. The van der Waals surface area contributed by atoms with Crippen LogP contribution < -0.4 is 10.6 Å². The second kappa shape index (κ2) is 5.31. The van der Waals surface area contributed by atoms with Gasteiger partial charge in [-0.1, -0.05) is 25.7 Å². The van der Waals surface area contributed by atoms with Gasteiger partial charge >= 0.3 is 0 Å². The lowest BCUT2D eigenvalue weighted by molar-refractivity contribution is 0.237. The molecule has 15 heavy (non-hydrogen) atoms. The fraction of sp³-hybridized carbons (Fsp3) is 1.00. The van der Waals surface area contributed by atoms with E-state index in [-0.39, 0.29) is 0 Å². The highest BCUT2D eigenvalue weighted by Crippen LogP contribution is 2.27. The molecule has 1 atom stereocenters. The van der Waals surface area contributed by atoms with Crippen LogP contribution in [0.5, 0.6) is 0 Å². The van der Waals surface area contributed by atoms with Crippen molar-refractivity contribution < 1.29 is 0 Å². The van der Waals surface area contributed by atoms with Gasteiger partial charge in [0.2, 0.25) is 0 Å². The molecule has 0 radical (unpaired) electrons. The lowest BCUT2D eigenvalue weighted by Gasteiger charge is -2.37. The Kier molecular flexibility index (Phi) is 4.04. The molecule has 0 amide bonds. The highest BCUT2D eigenvalue weighted by molar-refractivity contribution is 4.88. The zero-order chi connectivity index (χ0) is 10.6. The second-order valence-corrected chi connectivity index (χ2v) is 5.65. The molecule has 1 saturated heterocycles. The number of hydrogen-bond donors (Lipinski definition) is 2. The summed E-state index contributed by atoms with van der Waals surface area (Å²) in [6, 6.07) is 0.734. The van der Waals surface area contributed by atoms with Crippen molar-refractivity contribution in [3.63, 3.8) is 0 Å². The molecule has 0 aromatic heterocycles. The van der Waals surface area contributed by atoms with Crippen LogP contribution in [0.3, 0.4) is 0 Å². The molecular weight excluding hydrogens is 184 g/mol. The van der Waals surface area contributed by atoms with E-state index in [9.17, 15) is 0 Å². The maximum atomic E-state index is 3.81. The van der Waals surface area contributed by atoms with Gasteiger partial charge in [-0.05, 0) is 39.2 Å². The van der Waals surface area contributed by atoms with E-state index >= 15 is 0 Å². The van der Waals surface area contributed by atoms with E-state index in [2.05, 4.69) is 17.6 Å². The Balaban J connectivity index is 1.70. The van der Waals surface area contributed by atoms with Crippen LogP contribution in [0.1, 0.15) is 58.3 Å². The predicted molar refractivity (Wildman–Crippen MR) is 65.1 cm³/mol. The molecule has 1 heterocycles. The van der Waals surface area contributed by atoms with Crippen LogP contribution in [-0.4, -0.2) is 24.7 Å². The van der Waals surface area contributed by atoms with Crippen molar-refractivity contribution in [3.05, 3.63) is 0 Å². The van der Waals surface area contributed by atoms with Gasteiger partial charge in [-0.25, -0.2) is 0 Å². The summed E-state index contributed by atoms with van der Waals surface area (Å²) in [6.07, 6.45) is 11.2. The van der Waals surface area contributed by atoms with Crippen molar-refractivity contribution in [3.8, 4) is 0 Å². The van der Waals surface area contributed by atoms with Crippen molar-refractivity contribution in [2.45, 2.75) is 69.9 Å². The van der Waals surface area contributed by atoms with Crippen molar-refractivity contribution >= 4 is 0 Å². The molecule has 0 bridgehead atoms. The number of rotatable bonds is 3. The maximum Gasteiger partial charge on any atom is 0.0192 e. The molecule has 88 valence electrons. The zero-order valence-corrected chi connectivity index (χ0v) is 10.1. The molecule has 1 aliphatic heterocycles. The lowest BCUT2D eigenvalue weighted by Crippen LogP contribution is -2.50. The summed E-state index contributed by atoms with van der Waals surface area (Å²) in [4.78, 5) is 0. The standard InChI is InChI=1S/C13H26N2/c1-13(8-4-2-5-9-13)15-11-12-7-3-6-10-14-12/h12,14-15H,2-11H2,1H3. The first-order valence-electron chi connectivity index (χ1n) is 6.77. The largest absolute Gasteiger partial charge is 0.313 e. The number of nitrogens with one attached hydrogen (secondary N) is 2. The van der Waals surface area contributed by atoms with E-state index < -0.39 is 0 Å². The van der Waals surface area contributed by atoms with Gasteiger partial charge in [-0.15, -0.1) is 0 Å². The van der Waals surface area contributed by atoms with E-state index in [0.717, 1.165) is 6.04 Å². The Morgan fingerprint density at radius 1 is 1.13 bits per heavy atom. The summed E-state index contributed by atoms with van der Waals surface area (Å²) >= 11 is 0. The highest BCUT2D eigenvalue weighted by Gasteiger charge is 2.26. The molecule has 0 aromatic carbocycles. The smallest absolute Gasteiger partial charge is 0.0192 e. The molecular formula is C13H26N2. The van der Waals surface area contributed by atoms with Crippen LogP contribution in [0.25, 0.3) is 0 Å². The van der Waals surface area contributed by atoms with Crippen molar-refractivity contribution in [2.24, 2.45) is 0 Å². The molecule has 2 fully saturated rings. The fourth-order valence-electron chi connectivity index (χ4n) is 2.98. The topological polar surface area (TPSA) is 24.1 Å². The maximum absolute atomic E-state index is 3.81. The fourth-order valence-corrected chi connectivity index (χ4v) is 2.98. The summed E-state index contributed by atoms with van der Waals surface area (Å²) in [7, 11) is 0. The zero-order valence-electron chi connectivity index (χ0n) is 10.1. The Hall–Kier alpha value is -0.0800. The minimum Gasteiger partial charge on any atom is -0.313 e. The molecule has 0 aromatic rings. The summed E-state index contributed by atoms with van der Waals surface area (Å²) in [5.74, 6) is 0. The average molecular weight is 210 g/mol. The molecule has 2 heteroatoms. The molecule has 2 nitrogen and oxygen atoms in total. The minimum atomic E-state index is 0.442. The van der Waals surface area contributed by atoms with E-state index in [1.54, 1.807) is 0 Å². The lowest BCUT2D eigenvalue weighted by atomic mass is 9.83. The van der Waals surface area contributed by atoms with Crippen LogP contribution >= 0.6 is 0 Å². The molecule has 2 N–H and O–H groups in total. The molecule has 0 spiro atoms. The summed E-state index contributed by atoms with van der Waals surface area (Å²) in [5, 5.41) is 7.42. The van der Waals surface area contributed by atoms with Gasteiger partial charge in [0.1, 0.15) is 0 Å². The summed E-state index contributed by atoms with van der Waals surface area (Å²) < 4.78 is 0. The van der Waals surface area contributed by atoms with Gasteiger partial charge in [-0.2, -0.15) is 0 Å². The molecule has 1 unspecified atom stereocenters. The van der Waals surface area contributed by atoms with E-state index in [1.165, 1.54) is 64.5 Å². The van der Waals surface area contributed by atoms with Crippen LogP contribution in [0.15, 0.2) is 0 Å². The first-order valence-corrected chi connectivity index (χ1v) is 6.77. The summed E-state index contributed by atoms with van der Waals surface area (Å²) in [5.41, 5.74) is 0.442. The number of piperidine rings is 1. The first-order chi connectivity index (χ1) is 7.29. The quantitative estimate of drug-likeness (QED) is 0.747. The van der Waals surface area contributed by atoms with Gasteiger partial charge in [0.25, 0.3) is 0 Å². The van der Waals surface area contributed by atoms with Gasteiger partial charge in [0, 0.05) is 18.1 Å². The normalized spacial score (nSPS) is 31.4. The molecule has 2 aliphatic rings. The molecule has 2 rings (SSSR count). The SMILES string of the molecule is CC1(NCC2CCCCN2)CCCCC1. The van der Waals surface area contributed by atoms with Crippen molar-refractivity contribution in [2.75, 3.05) is 13.1 Å². The Bertz CT molecular complexity index is 179. The van der Waals surface area contributed by atoms with Crippen molar-refractivity contribution in [1.82, 2.24) is 10.6 Å². The second-order valence-electron chi connectivity index (χ2n) is 5.65. The Labute approximate surface area is 94.2 Å². The van der Waals surface area contributed by atoms with E-state index in [4.69, 9.17) is 0 Å². The molecule has 1 aliphatic carbocycles. The van der Waals surface area contributed by atoms with Gasteiger partial charge in [0.15, 0.2) is 0 Å². The van der Waals surface area contributed by atoms with Gasteiger partial charge in [0.05, 0.1) is 0 Å². The van der Waals surface area contributed by atoms with Gasteiger partial charge in [-0.3, -0.25) is 0 Å². The average Bonchev–Trinajstić information content (AvgIpc) is 2.29. The third kappa shape index (κ3) is 3.46. The summed E-state index contributed by atoms with van der Waals surface area (Å²) in [6.45, 7) is 4.81. The highest BCUT2D eigenvalue weighted by atomic mass is 15.0. The van der Waals surface area contributed by atoms with Crippen molar-refractivity contribution in [1.29, 1.82) is 0 Å². The van der Waals surface area contributed by atoms with Crippen LogP contribution in [0.4, 0.5) is 0 Å². The molecule has 1 saturated carbocycles. The van der Waals surface area contributed by atoms with Gasteiger partial charge < -0.3 is 10.6 Å². The van der Waals surface area contributed by atoms with Crippen LogP contribution in [0.2, 0.25) is 0 Å². The Morgan fingerprint density at radius 3 is 2.60 bits per heavy atom.